The molecule has 284 valence electrons. The number of nitrogens with one attached hydrogen (secondary N) is 1. The molecule has 2 unspecified atom stereocenters. The number of hydrogen-bond donors (Lipinski definition) is 1. The number of carbonyl (C=O) groups is 8. The maximum Gasteiger partial charge on any atom is 0.424 e. The number of nitrogens with zero attached hydrogens (tertiary/aromatic N) is 3. The van der Waals surface area contributed by atoms with Crippen molar-refractivity contribution in [2.45, 2.75) is 116 Å². The lowest BCUT2D eigenvalue weighted by Gasteiger charge is -2.35. The second kappa shape index (κ2) is 16.0. The molecule has 0 aliphatic carbocycles. The number of piperidine rings is 2. The lowest BCUT2D eigenvalue weighted by molar-refractivity contribution is -0.149. The first kappa shape index (κ1) is 40.8. The molecule has 0 bridgehead atoms. The van der Waals surface area contributed by atoms with Crippen LogP contribution in [0.3, 0.4) is 0 Å². The van der Waals surface area contributed by atoms with Crippen LogP contribution in [0, 0.1) is 13.8 Å². The maximum atomic E-state index is 12.9. The Kier molecular flexibility index (Phi) is 12.3. The van der Waals surface area contributed by atoms with Crippen molar-refractivity contribution in [2.75, 3.05) is 10.2 Å². The molecule has 8 amide bonds. The van der Waals surface area contributed by atoms with E-state index in [1.165, 1.54) is 10.5 Å². The van der Waals surface area contributed by atoms with E-state index >= 15 is 0 Å². The van der Waals surface area contributed by atoms with E-state index in [1.54, 1.807) is 47.6 Å². The van der Waals surface area contributed by atoms with Gasteiger partial charge in [0, 0.05) is 24.2 Å². The first-order valence-corrected chi connectivity index (χ1v) is 18.1. The van der Waals surface area contributed by atoms with Crippen molar-refractivity contribution in [1.29, 1.82) is 0 Å². The Morgan fingerprint density at radius 1 is 0.698 bits per heavy atom. The third-order valence-electron chi connectivity index (χ3n) is 8.20. The van der Waals surface area contributed by atoms with Crippen LogP contribution in [0.4, 0.5) is 21.0 Å². The number of anilines is 2. The Labute approximate surface area is 316 Å². The fraction of sp³-hybridized carbons (Fsp3) is 0.474. The summed E-state index contributed by atoms with van der Waals surface area (Å²) in [5.41, 5.74) is 4.26. The van der Waals surface area contributed by atoms with Gasteiger partial charge in [-0.15, -0.1) is 0 Å². The zero-order chi connectivity index (χ0) is 39.6. The van der Waals surface area contributed by atoms with E-state index in [1.807, 2.05) is 44.2 Å². The minimum atomic E-state index is -0.993. The largest absolute Gasteiger partial charge is 0.443 e. The molecule has 6 rings (SSSR count). The summed E-state index contributed by atoms with van der Waals surface area (Å²) in [6.07, 6.45) is -0.370. The van der Waals surface area contributed by atoms with Crippen LogP contribution in [0.2, 0.25) is 0 Å². The topological polar surface area (TPSA) is 177 Å². The van der Waals surface area contributed by atoms with Crippen LogP contribution in [0.25, 0.3) is 0 Å². The number of benzene rings is 2. The van der Waals surface area contributed by atoms with Crippen LogP contribution in [0.15, 0.2) is 36.4 Å². The Hall–Kier alpha value is -4.92. The lowest BCUT2D eigenvalue weighted by Crippen LogP contribution is -2.58. The number of likely N-dealkylation sites (tertiary alicyclic amines) is 2. The van der Waals surface area contributed by atoms with Crippen molar-refractivity contribution >= 4 is 74.9 Å². The van der Waals surface area contributed by atoms with E-state index in [-0.39, 0.29) is 37.5 Å². The molecule has 2 aromatic carbocycles. The molecule has 15 heteroatoms. The van der Waals surface area contributed by atoms with E-state index in [0.29, 0.717) is 28.3 Å². The average Bonchev–Trinajstić information content (AvgIpc) is 3.55. The van der Waals surface area contributed by atoms with Gasteiger partial charge >= 0.3 is 12.2 Å². The average molecular weight is 798 g/mol. The smallest absolute Gasteiger partial charge is 0.424 e. The number of ether oxygens (including phenoxy) is 2. The molecule has 2 aromatic rings. The van der Waals surface area contributed by atoms with Gasteiger partial charge in [-0.05, 0) is 97.1 Å². The number of hydrogen-bond acceptors (Lipinski definition) is 10. The van der Waals surface area contributed by atoms with Gasteiger partial charge in [0.2, 0.25) is 23.6 Å². The van der Waals surface area contributed by atoms with Crippen LogP contribution >= 0.6 is 15.9 Å². The number of fused-ring (bicyclic) bond motifs is 2. The molecule has 4 aliphatic heterocycles. The summed E-state index contributed by atoms with van der Waals surface area (Å²) in [5.74, 6) is -2.47. The Morgan fingerprint density at radius 3 is 1.81 bits per heavy atom. The summed E-state index contributed by atoms with van der Waals surface area (Å²) in [7, 11) is 0. The van der Waals surface area contributed by atoms with Gasteiger partial charge in [-0.2, -0.15) is 9.80 Å². The molecule has 1 N–H and O–H groups in total. The molecule has 0 saturated carbocycles. The molecule has 4 aliphatic rings. The van der Waals surface area contributed by atoms with E-state index in [2.05, 4.69) is 21.2 Å². The first-order valence-electron chi connectivity index (χ1n) is 17.2. The van der Waals surface area contributed by atoms with Gasteiger partial charge in [0.15, 0.2) is 0 Å². The second-order valence-corrected chi connectivity index (χ2v) is 16.2. The first-order chi connectivity index (χ1) is 24.6. The fourth-order valence-electron chi connectivity index (χ4n) is 5.90. The predicted octanol–water partition coefficient (Wildman–Crippen LogP) is 5.66. The van der Waals surface area contributed by atoms with Gasteiger partial charge < -0.3 is 14.8 Å². The quantitative estimate of drug-likeness (QED) is 0.280. The van der Waals surface area contributed by atoms with Crippen LogP contribution in [-0.2, 0) is 51.1 Å². The maximum absolute atomic E-state index is 12.9. The van der Waals surface area contributed by atoms with Gasteiger partial charge in [-0.3, -0.25) is 33.7 Å². The molecule has 4 heterocycles. The number of imide groups is 6. The van der Waals surface area contributed by atoms with Crippen LogP contribution in [0.5, 0.6) is 0 Å². The monoisotopic (exact) mass is 796 g/mol. The zero-order valence-electron chi connectivity index (χ0n) is 31.2. The lowest BCUT2D eigenvalue weighted by atomic mass is 10.0. The van der Waals surface area contributed by atoms with E-state index in [4.69, 9.17) is 9.47 Å². The fourth-order valence-corrected chi connectivity index (χ4v) is 6.33. The van der Waals surface area contributed by atoms with Gasteiger partial charge in [0.05, 0.1) is 17.7 Å². The highest BCUT2D eigenvalue weighted by Crippen LogP contribution is 2.35. The number of alkyl halides is 1. The van der Waals surface area contributed by atoms with E-state index in [0.717, 1.165) is 22.4 Å². The standard InChI is InChI=1S/C19H22N2O5.C10H14BrNO4.C9H9NO/c1-11-5-6-13-12(9-11)10-16(23)20(13)14-7-8-15(22)21(17(14)24)18(25)26-19(2,3)4;1-10(2,3)16-9(15)12-7(13)5-4-6(11)8(12)14;1-6-2-3-7-5-9(11)10-8(7)4-6/h5-6,9,14H,7-8,10H2,1-4H3;6H,4-5H2,1-3H3;2-4H,5H2,1H3,(H,10,11). The van der Waals surface area contributed by atoms with Gasteiger partial charge in [-0.1, -0.05) is 45.8 Å². The third kappa shape index (κ3) is 10.2. The Balaban J connectivity index is 0.000000197. The van der Waals surface area contributed by atoms with Gasteiger partial charge in [-0.25, -0.2) is 9.59 Å². The highest BCUT2D eigenvalue weighted by molar-refractivity contribution is 9.10. The number of amides is 8. The van der Waals surface area contributed by atoms with Crippen molar-refractivity contribution in [1.82, 2.24) is 9.80 Å². The minimum Gasteiger partial charge on any atom is -0.443 e. The van der Waals surface area contributed by atoms with Gasteiger partial charge in [0.1, 0.15) is 17.2 Å². The second-order valence-electron chi connectivity index (χ2n) is 15.1. The molecule has 14 nitrogen and oxygen atoms in total. The summed E-state index contributed by atoms with van der Waals surface area (Å²) in [6.45, 7) is 13.9. The molecule has 2 fully saturated rings. The molecular weight excluding hydrogens is 752 g/mol. The number of halogens is 1. The highest BCUT2D eigenvalue weighted by atomic mass is 79.9. The molecule has 53 heavy (non-hydrogen) atoms. The predicted molar refractivity (Wildman–Crippen MR) is 197 cm³/mol. The number of aryl methyl sites for hydroxylation is 2. The zero-order valence-corrected chi connectivity index (χ0v) is 32.7. The van der Waals surface area contributed by atoms with E-state index in [9.17, 15) is 38.4 Å². The number of carbonyl (C=O) groups excluding carboxylic acids is 8. The molecule has 0 aromatic heterocycles. The highest BCUT2D eigenvalue weighted by Gasteiger charge is 2.46. The summed E-state index contributed by atoms with van der Waals surface area (Å²) in [4.78, 5) is 97.6. The molecule has 2 saturated heterocycles. The van der Waals surface area contributed by atoms with Crippen LogP contribution in [-0.4, -0.2) is 79.5 Å². The molecule has 2 atom stereocenters. The van der Waals surface area contributed by atoms with Crippen molar-refractivity contribution < 1.29 is 47.8 Å². The molecule has 0 spiro atoms. The Bertz CT molecular complexity index is 1860. The van der Waals surface area contributed by atoms with Crippen LogP contribution < -0.4 is 10.2 Å². The molecule has 0 radical (unpaired) electrons. The normalized spacial score (nSPS) is 19.8. The molecular formula is C38H45BrN4O10. The third-order valence-corrected chi connectivity index (χ3v) is 9.04. The van der Waals surface area contributed by atoms with Gasteiger partial charge in [0.25, 0.3) is 11.8 Å². The van der Waals surface area contributed by atoms with E-state index < -0.39 is 57.9 Å². The number of rotatable bonds is 1. The summed E-state index contributed by atoms with van der Waals surface area (Å²) >= 11 is 3.12. The summed E-state index contributed by atoms with van der Waals surface area (Å²) in [6, 6.07) is 10.7. The van der Waals surface area contributed by atoms with Crippen molar-refractivity contribution in [3.8, 4) is 0 Å². The summed E-state index contributed by atoms with van der Waals surface area (Å²) in [5, 5.41) is 2.80. The van der Waals surface area contributed by atoms with Crippen LogP contribution in [0.1, 0.15) is 89.5 Å². The van der Waals surface area contributed by atoms with Crippen molar-refractivity contribution in [3.63, 3.8) is 0 Å². The summed E-state index contributed by atoms with van der Waals surface area (Å²) < 4.78 is 10.2. The Morgan fingerprint density at radius 2 is 1.23 bits per heavy atom. The SMILES string of the molecule is CC(C)(C)OC(=O)N1C(=O)CCC(Br)C1=O.Cc1ccc2c(c1)CC(=O)N2C1CCC(=O)N(C(=O)OC(C)(C)C)C1=O.Cc1ccc2c(c1)NC(=O)C2. The minimum absolute atomic E-state index is 0.000619. The van der Waals surface area contributed by atoms with Crippen molar-refractivity contribution in [3.05, 3.63) is 58.7 Å². The van der Waals surface area contributed by atoms with Crippen molar-refractivity contribution in [2.24, 2.45) is 0 Å².